The first-order chi connectivity index (χ1) is 13.0. The predicted molar refractivity (Wildman–Crippen MR) is 103 cm³/mol. The number of methoxy groups -OCH3 is 1. The molecule has 1 saturated heterocycles. The van der Waals surface area contributed by atoms with E-state index in [4.69, 9.17) is 10.5 Å². The second-order valence-corrected chi connectivity index (χ2v) is 7.08. The normalized spacial score (nSPS) is 19.9. The van der Waals surface area contributed by atoms with Gasteiger partial charge in [-0.05, 0) is 37.2 Å². The average Bonchev–Trinajstić information content (AvgIpc) is 3.01. The Balaban J connectivity index is 1.85. The summed E-state index contributed by atoms with van der Waals surface area (Å²) in [4.78, 5) is 17.1. The lowest BCUT2D eigenvalue weighted by molar-refractivity contribution is -0.136. The van der Waals surface area contributed by atoms with Crippen LogP contribution in [0.25, 0.3) is 0 Å². The molecule has 1 fully saturated rings. The van der Waals surface area contributed by atoms with Gasteiger partial charge in [-0.1, -0.05) is 30.3 Å². The molecule has 0 aromatic heterocycles. The summed E-state index contributed by atoms with van der Waals surface area (Å²) >= 11 is 0. The Bertz CT molecular complexity index is 781. The maximum absolute atomic E-state index is 13.3. The molecule has 2 atom stereocenters. The molecule has 2 aromatic rings. The molecule has 27 heavy (non-hydrogen) atoms. The Morgan fingerprint density at radius 2 is 1.93 bits per heavy atom. The molecule has 0 bridgehead atoms. The van der Waals surface area contributed by atoms with Crippen molar-refractivity contribution in [1.29, 1.82) is 0 Å². The second kappa shape index (κ2) is 8.50. The lowest BCUT2D eigenvalue weighted by Crippen LogP contribution is -2.43. The fourth-order valence-electron chi connectivity index (χ4n) is 3.60. The van der Waals surface area contributed by atoms with Crippen LogP contribution in [0.3, 0.4) is 0 Å². The highest BCUT2D eigenvalue weighted by Gasteiger charge is 2.35. The van der Waals surface area contributed by atoms with Crippen molar-refractivity contribution in [3.63, 3.8) is 0 Å². The van der Waals surface area contributed by atoms with Crippen molar-refractivity contribution in [3.8, 4) is 5.75 Å². The van der Waals surface area contributed by atoms with Gasteiger partial charge in [-0.3, -0.25) is 9.69 Å². The van der Waals surface area contributed by atoms with Gasteiger partial charge in [-0.15, -0.1) is 0 Å². The van der Waals surface area contributed by atoms with Gasteiger partial charge >= 0.3 is 0 Å². The summed E-state index contributed by atoms with van der Waals surface area (Å²) in [5.41, 5.74) is 7.86. The van der Waals surface area contributed by atoms with Crippen LogP contribution in [0.4, 0.5) is 4.39 Å². The van der Waals surface area contributed by atoms with Crippen molar-refractivity contribution in [2.75, 3.05) is 20.7 Å². The molecule has 0 unspecified atom stereocenters. The van der Waals surface area contributed by atoms with Crippen molar-refractivity contribution in [1.82, 2.24) is 9.80 Å². The van der Waals surface area contributed by atoms with Crippen LogP contribution in [0, 0.1) is 5.82 Å². The first-order valence-electron chi connectivity index (χ1n) is 9.09. The van der Waals surface area contributed by atoms with Crippen LogP contribution in [0.15, 0.2) is 48.5 Å². The van der Waals surface area contributed by atoms with E-state index in [9.17, 15) is 9.18 Å². The van der Waals surface area contributed by atoms with Crippen molar-refractivity contribution in [2.45, 2.75) is 31.6 Å². The summed E-state index contributed by atoms with van der Waals surface area (Å²) in [7, 11) is 3.54. The van der Waals surface area contributed by atoms with Crippen molar-refractivity contribution in [2.24, 2.45) is 5.73 Å². The zero-order valence-corrected chi connectivity index (χ0v) is 15.8. The fourth-order valence-corrected chi connectivity index (χ4v) is 3.60. The standard InChI is InChI=1S/C21H26FN3O2/c1-24-14-18(23)11-19(24)21(26)25(12-15-7-9-17(22)10-8-15)13-16-5-3-4-6-20(16)27-2/h3-10,18-19H,11-14,23H2,1-2H3/t18-,19-/m0/s1. The molecule has 0 aliphatic carbocycles. The molecule has 0 radical (unpaired) electrons. The fraction of sp³-hybridized carbons (Fsp3) is 0.381. The molecule has 1 aliphatic rings. The summed E-state index contributed by atoms with van der Waals surface area (Å²) in [6.07, 6.45) is 0.640. The van der Waals surface area contributed by atoms with Crippen LogP contribution in [0.5, 0.6) is 5.75 Å². The number of ether oxygens (including phenoxy) is 1. The zero-order chi connectivity index (χ0) is 19.4. The minimum absolute atomic E-state index is 0.00267. The van der Waals surface area contributed by atoms with Gasteiger partial charge in [0.05, 0.1) is 13.2 Å². The first-order valence-corrected chi connectivity index (χ1v) is 9.09. The second-order valence-electron chi connectivity index (χ2n) is 7.08. The van der Waals surface area contributed by atoms with Gasteiger partial charge in [0.25, 0.3) is 0 Å². The van der Waals surface area contributed by atoms with Gasteiger partial charge in [0.2, 0.25) is 5.91 Å². The number of carbonyl (C=O) groups is 1. The molecule has 1 amide bonds. The lowest BCUT2D eigenvalue weighted by Gasteiger charge is -2.29. The third kappa shape index (κ3) is 4.64. The number of rotatable bonds is 6. The van der Waals surface area contributed by atoms with Crippen LogP contribution in [-0.2, 0) is 17.9 Å². The van der Waals surface area contributed by atoms with E-state index in [1.165, 1.54) is 12.1 Å². The van der Waals surface area contributed by atoms with Crippen molar-refractivity contribution in [3.05, 3.63) is 65.5 Å². The van der Waals surface area contributed by atoms with Gasteiger partial charge in [0.1, 0.15) is 11.6 Å². The summed E-state index contributed by atoms with van der Waals surface area (Å²) in [5.74, 6) is 0.481. The average molecular weight is 371 g/mol. The molecule has 1 aliphatic heterocycles. The molecule has 1 heterocycles. The Labute approximate surface area is 159 Å². The highest BCUT2D eigenvalue weighted by molar-refractivity contribution is 5.82. The zero-order valence-electron chi connectivity index (χ0n) is 15.8. The van der Waals surface area contributed by atoms with Gasteiger partial charge < -0.3 is 15.4 Å². The van der Waals surface area contributed by atoms with E-state index in [1.807, 2.05) is 36.2 Å². The number of nitrogens with two attached hydrogens (primary N) is 1. The smallest absolute Gasteiger partial charge is 0.240 e. The molecule has 6 heteroatoms. The lowest BCUT2D eigenvalue weighted by atomic mass is 10.1. The van der Waals surface area contributed by atoms with Gasteiger partial charge in [-0.25, -0.2) is 4.39 Å². The van der Waals surface area contributed by atoms with Crippen LogP contribution in [0.2, 0.25) is 0 Å². The van der Waals surface area contributed by atoms with Crippen LogP contribution in [-0.4, -0.2) is 48.5 Å². The number of likely N-dealkylation sites (tertiary alicyclic amines) is 1. The topological polar surface area (TPSA) is 58.8 Å². The number of hydrogen-bond acceptors (Lipinski definition) is 4. The van der Waals surface area contributed by atoms with Crippen LogP contribution >= 0.6 is 0 Å². The number of amides is 1. The number of para-hydroxylation sites is 1. The van der Waals surface area contributed by atoms with Gasteiger partial charge in [0, 0.05) is 31.2 Å². The van der Waals surface area contributed by atoms with Crippen molar-refractivity contribution >= 4 is 5.91 Å². The summed E-state index contributed by atoms with van der Waals surface area (Å²) < 4.78 is 18.7. The first kappa shape index (κ1) is 19.3. The third-order valence-corrected chi connectivity index (χ3v) is 5.02. The molecule has 2 N–H and O–H groups in total. The molecule has 3 rings (SSSR count). The van der Waals surface area contributed by atoms with Gasteiger partial charge in [0.15, 0.2) is 0 Å². The van der Waals surface area contributed by atoms with E-state index in [1.54, 1.807) is 24.1 Å². The molecular formula is C21H26FN3O2. The number of carbonyl (C=O) groups excluding carboxylic acids is 1. The molecule has 144 valence electrons. The van der Waals surface area contributed by atoms with E-state index in [0.29, 0.717) is 26.1 Å². The van der Waals surface area contributed by atoms with E-state index in [2.05, 4.69) is 0 Å². The molecule has 2 aromatic carbocycles. The Morgan fingerprint density at radius 3 is 2.56 bits per heavy atom. The number of benzene rings is 2. The Morgan fingerprint density at radius 1 is 1.22 bits per heavy atom. The quantitative estimate of drug-likeness (QED) is 0.847. The van der Waals surface area contributed by atoms with E-state index >= 15 is 0 Å². The highest BCUT2D eigenvalue weighted by Crippen LogP contribution is 2.24. The molecular weight excluding hydrogens is 345 g/mol. The maximum Gasteiger partial charge on any atom is 0.240 e. The molecule has 0 spiro atoms. The number of nitrogens with zero attached hydrogens (tertiary/aromatic N) is 2. The van der Waals surface area contributed by atoms with E-state index < -0.39 is 0 Å². The highest BCUT2D eigenvalue weighted by atomic mass is 19.1. The van der Waals surface area contributed by atoms with Crippen LogP contribution in [0.1, 0.15) is 17.5 Å². The predicted octanol–water partition coefficient (Wildman–Crippen LogP) is 2.39. The molecule has 0 saturated carbocycles. The largest absolute Gasteiger partial charge is 0.496 e. The van der Waals surface area contributed by atoms with E-state index in [-0.39, 0.29) is 23.8 Å². The minimum Gasteiger partial charge on any atom is -0.496 e. The Kier molecular flexibility index (Phi) is 6.08. The number of hydrogen-bond donors (Lipinski definition) is 1. The summed E-state index contributed by atoms with van der Waals surface area (Å²) in [6.45, 7) is 1.52. The maximum atomic E-state index is 13.3. The van der Waals surface area contributed by atoms with Crippen LogP contribution < -0.4 is 10.5 Å². The van der Waals surface area contributed by atoms with Crippen molar-refractivity contribution < 1.29 is 13.9 Å². The van der Waals surface area contributed by atoms with E-state index in [0.717, 1.165) is 16.9 Å². The summed E-state index contributed by atoms with van der Waals surface area (Å²) in [5, 5.41) is 0. The summed E-state index contributed by atoms with van der Waals surface area (Å²) in [6, 6.07) is 13.7. The monoisotopic (exact) mass is 371 g/mol. The Hall–Kier alpha value is -2.44. The third-order valence-electron chi connectivity index (χ3n) is 5.02. The number of halogens is 1. The number of likely N-dealkylation sites (N-methyl/N-ethyl adjacent to an activating group) is 1. The minimum atomic E-state index is -0.289. The molecule has 5 nitrogen and oxygen atoms in total. The SMILES string of the molecule is COc1ccccc1CN(Cc1ccc(F)cc1)C(=O)[C@@H]1C[C@H](N)CN1C. The van der Waals surface area contributed by atoms with Gasteiger partial charge in [-0.2, -0.15) is 0 Å².